The van der Waals surface area contributed by atoms with Crippen molar-refractivity contribution in [2.45, 2.75) is 45.0 Å². The zero-order valence-electron chi connectivity index (χ0n) is 16.9. The highest BCUT2D eigenvalue weighted by Gasteiger charge is 2.39. The van der Waals surface area contributed by atoms with E-state index in [1.54, 1.807) is 16.2 Å². The van der Waals surface area contributed by atoms with Gasteiger partial charge in [-0.25, -0.2) is 0 Å². The van der Waals surface area contributed by atoms with Gasteiger partial charge in [-0.2, -0.15) is 0 Å². The van der Waals surface area contributed by atoms with Crippen molar-refractivity contribution >= 4 is 23.0 Å². The van der Waals surface area contributed by atoms with Gasteiger partial charge < -0.3 is 14.5 Å². The van der Waals surface area contributed by atoms with Crippen LogP contribution in [-0.2, 0) is 24.5 Å². The first kappa shape index (κ1) is 19.9. The molecule has 1 aliphatic heterocycles. The number of Topliss-reactive ketones (excluding diaryl/α,β-unsaturated/α-hetero) is 1. The molecule has 0 saturated heterocycles. The summed E-state index contributed by atoms with van der Waals surface area (Å²) < 4.78 is 5.98. The molecule has 1 amide bonds. The number of hydrogen-bond donors (Lipinski definition) is 0. The third kappa shape index (κ3) is 4.14. The molecule has 0 bridgehead atoms. The Hall–Kier alpha value is -2.44. The molecular formula is C23H26N2O3S. The Morgan fingerprint density at radius 1 is 1.24 bits per heavy atom. The Balaban J connectivity index is 1.42. The summed E-state index contributed by atoms with van der Waals surface area (Å²) in [5.74, 6) is 0.900. The fraction of sp³-hybridized carbons (Fsp3) is 0.391. The molecule has 0 spiro atoms. The molecular weight excluding hydrogens is 384 g/mol. The molecule has 1 aliphatic carbocycles. The van der Waals surface area contributed by atoms with E-state index in [0.717, 1.165) is 40.3 Å². The summed E-state index contributed by atoms with van der Waals surface area (Å²) in [5, 5.41) is 1.91. The van der Waals surface area contributed by atoms with E-state index >= 15 is 0 Å². The second kappa shape index (κ2) is 8.13. The molecule has 5 nitrogen and oxygen atoms in total. The number of nitrogens with zero attached hydrogens (tertiary/aromatic N) is 2. The molecule has 1 aromatic heterocycles. The molecule has 2 heterocycles. The average Bonchev–Trinajstić information content (AvgIpc) is 3.21. The number of thiophene rings is 1. The summed E-state index contributed by atoms with van der Waals surface area (Å²) in [6.45, 7) is 5.75. The summed E-state index contributed by atoms with van der Waals surface area (Å²) in [6, 6.07) is 7.79. The highest BCUT2D eigenvalue weighted by molar-refractivity contribution is 7.10. The molecule has 2 aliphatic rings. The lowest BCUT2D eigenvalue weighted by Gasteiger charge is -2.30. The highest BCUT2D eigenvalue weighted by atomic mass is 32.1. The number of allylic oxidation sites excluding steroid dienone is 1. The Kier molecular flexibility index (Phi) is 5.56. The van der Waals surface area contributed by atoms with Gasteiger partial charge in [0, 0.05) is 35.3 Å². The molecule has 0 N–H and O–H groups in total. The molecule has 1 atom stereocenters. The lowest BCUT2D eigenvalue weighted by atomic mass is 9.90. The summed E-state index contributed by atoms with van der Waals surface area (Å²) in [4.78, 5) is 30.2. The molecule has 6 heteroatoms. The van der Waals surface area contributed by atoms with Gasteiger partial charge in [0.1, 0.15) is 12.4 Å². The standard InChI is InChI=1S/C23H26N2O3S/c1-15-4-9-20(21(26)10-15)25-12-18-19(23(25)27)14-29-22(18)13-28-17-7-5-16(6-8-17)11-24(2)3/h5-8,14,20H,1,4,9-13H2,2-3H3/t20-/m0/s1. The van der Waals surface area contributed by atoms with Gasteiger partial charge in [0.15, 0.2) is 5.78 Å². The Morgan fingerprint density at radius 3 is 2.69 bits per heavy atom. The minimum Gasteiger partial charge on any atom is -0.488 e. The number of ketones is 1. The van der Waals surface area contributed by atoms with Crippen LogP contribution >= 0.6 is 11.3 Å². The van der Waals surface area contributed by atoms with Crippen molar-refractivity contribution in [3.05, 3.63) is 63.4 Å². The first-order valence-electron chi connectivity index (χ1n) is 9.88. The summed E-state index contributed by atoms with van der Waals surface area (Å²) in [5.41, 5.74) is 3.95. The van der Waals surface area contributed by atoms with Crippen molar-refractivity contribution in [1.29, 1.82) is 0 Å². The lowest BCUT2D eigenvalue weighted by Crippen LogP contribution is -2.43. The molecule has 152 valence electrons. The molecule has 29 heavy (non-hydrogen) atoms. The van der Waals surface area contributed by atoms with Crippen LogP contribution in [-0.4, -0.2) is 41.6 Å². The zero-order chi connectivity index (χ0) is 20.5. The summed E-state index contributed by atoms with van der Waals surface area (Å²) in [6.07, 6.45) is 1.89. The van der Waals surface area contributed by atoms with Crippen molar-refractivity contribution in [3.8, 4) is 5.75 Å². The lowest BCUT2D eigenvalue weighted by molar-refractivity contribution is -0.124. The Labute approximate surface area is 175 Å². The number of rotatable bonds is 6. The smallest absolute Gasteiger partial charge is 0.255 e. The Bertz CT molecular complexity index is 946. The predicted octanol–water partition coefficient (Wildman–Crippen LogP) is 4.02. The van der Waals surface area contributed by atoms with E-state index in [2.05, 4.69) is 23.6 Å². The number of carbonyl (C=O) groups is 2. The van der Waals surface area contributed by atoms with Crippen LogP contribution in [0, 0.1) is 0 Å². The van der Waals surface area contributed by atoms with Crippen LogP contribution in [0.5, 0.6) is 5.75 Å². The van der Waals surface area contributed by atoms with E-state index in [1.807, 2.05) is 31.6 Å². The fourth-order valence-electron chi connectivity index (χ4n) is 4.03. The molecule has 0 radical (unpaired) electrons. The van der Waals surface area contributed by atoms with Crippen LogP contribution in [0.4, 0.5) is 0 Å². The van der Waals surface area contributed by atoms with E-state index in [1.165, 1.54) is 5.56 Å². The quantitative estimate of drug-likeness (QED) is 0.675. The van der Waals surface area contributed by atoms with Crippen LogP contribution in [0.3, 0.4) is 0 Å². The monoisotopic (exact) mass is 410 g/mol. The van der Waals surface area contributed by atoms with Gasteiger partial charge in [-0.05, 0) is 44.6 Å². The first-order chi connectivity index (χ1) is 13.9. The second-order valence-corrected chi connectivity index (χ2v) is 9.07. The number of hydrogen-bond acceptors (Lipinski definition) is 5. The Morgan fingerprint density at radius 2 is 2.00 bits per heavy atom. The van der Waals surface area contributed by atoms with Crippen LogP contribution in [0.25, 0.3) is 0 Å². The number of ether oxygens (including phenoxy) is 1. The molecule has 1 saturated carbocycles. The van der Waals surface area contributed by atoms with Gasteiger partial charge in [0.05, 0.1) is 11.6 Å². The van der Waals surface area contributed by atoms with Crippen molar-refractivity contribution in [2.24, 2.45) is 0 Å². The number of carbonyl (C=O) groups excluding carboxylic acids is 2. The van der Waals surface area contributed by atoms with E-state index in [9.17, 15) is 9.59 Å². The SMILES string of the molecule is C=C1CC[C@H](N2Cc3c(csc3COc3ccc(CN(C)C)cc3)C2=O)C(=O)C1. The highest BCUT2D eigenvalue weighted by Crippen LogP contribution is 2.35. The number of benzene rings is 1. The van der Waals surface area contributed by atoms with Crippen LogP contribution in [0.1, 0.15) is 45.6 Å². The first-order valence-corrected chi connectivity index (χ1v) is 10.8. The van der Waals surface area contributed by atoms with E-state index in [0.29, 0.717) is 26.0 Å². The molecule has 2 aromatic rings. The normalized spacial score (nSPS) is 19.2. The maximum atomic E-state index is 12.8. The molecule has 1 fully saturated rings. The van der Waals surface area contributed by atoms with E-state index in [4.69, 9.17) is 4.74 Å². The van der Waals surface area contributed by atoms with Crippen LogP contribution in [0.15, 0.2) is 41.8 Å². The van der Waals surface area contributed by atoms with Gasteiger partial charge >= 0.3 is 0 Å². The largest absolute Gasteiger partial charge is 0.488 e. The third-order valence-electron chi connectivity index (χ3n) is 5.54. The van der Waals surface area contributed by atoms with Crippen molar-refractivity contribution in [2.75, 3.05) is 14.1 Å². The van der Waals surface area contributed by atoms with Gasteiger partial charge in [-0.15, -0.1) is 11.3 Å². The molecule has 0 unspecified atom stereocenters. The number of amides is 1. The maximum absolute atomic E-state index is 12.8. The zero-order valence-corrected chi connectivity index (χ0v) is 17.8. The van der Waals surface area contributed by atoms with Crippen LogP contribution in [0.2, 0.25) is 0 Å². The van der Waals surface area contributed by atoms with Crippen molar-refractivity contribution in [3.63, 3.8) is 0 Å². The minimum atomic E-state index is -0.316. The third-order valence-corrected chi connectivity index (χ3v) is 6.54. The minimum absolute atomic E-state index is 0.0265. The average molecular weight is 411 g/mol. The maximum Gasteiger partial charge on any atom is 0.255 e. The molecule has 4 rings (SSSR count). The summed E-state index contributed by atoms with van der Waals surface area (Å²) >= 11 is 1.56. The predicted molar refractivity (Wildman–Crippen MR) is 114 cm³/mol. The van der Waals surface area contributed by atoms with Gasteiger partial charge in [-0.1, -0.05) is 24.3 Å². The topological polar surface area (TPSA) is 49.9 Å². The molecule has 1 aromatic carbocycles. The van der Waals surface area contributed by atoms with Gasteiger partial charge in [0.2, 0.25) is 0 Å². The van der Waals surface area contributed by atoms with Crippen molar-refractivity contribution < 1.29 is 14.3 Å². The summed E-state index contributed by atoms with van der Waals surface area (Å²) in [7, 11) is 4.09. The number of fused-ring (bicyclic) bond motifs is 1. The van der Waals surface area contributed by atoms with E-state index in [-0.39, 0.29) is 17.7 Å². The van der Waals surface area contributed by atoms with Gasteiger partial charge in [-0.3, -0.25) is 9.59 Å². The fourth-order valence-corrected chi connectivity index (χ4v) is 4.98. The second-order valence-electron chi connectivity index (χ2n) is 8.10. The van der Waals surface area contributed by atoms with Gasteiger partial charge in [0.25, 0.3) is 5.91 Å². The van der Waals surface area contributed by atoms with Crippen LogP contribution < -0.4 is 4.74 Å². The van der Waals surface area contributed by atoms with E-state index < -0.39 is 0 Å². The van der Waals surface area contributed by atoms with Crippen molar-refractivity contribution in [1.82, 2.24) is 9.80 Å².